The van der Waals surface area contributed by atoms with E-state index in [0.29, 0.717) is 17.7 Å². The van der Waals surface area contributed by atoms with E-state index in [1.165, 1.54) is 4.90 Å². The van der Waals surface area contributed by atoms with E-state index in [1.807, 2.05) is 6.08 Å². The van der Waals surface area contributed by atoms with Crippen LogP contribution in [0.2, 0.25) is 25.7 Å². The normalized spacial score (nSPS) is 15.4. The summed E-state index contributed by atoms with van der Waals surface area (Å²) in [4.78, 5) is 25.5. The molecule has 2 rings (SSSR count). The molecule has 1 heterocycles. The number of carbonyl (C=O) groups is 2. The molecule has 0 N–H and O–H groups in total. The molecule has 1 aromatic carbocycles. The van der Waals surface area contributed by atoms with Crippen LogP contribution in [0.3, 0.4) is 0 Å². The molecule has 0 bridgehead atoms. The van der Waals surface area contributed by atoms with Gasteiger partial charge >= 0.3 is 0 Å². The molecule has 0 saturated carbocycles. The van der Waals surface area contributed by atoms with E-state index in [4.69, 9.17) is 0 Å². The lowest BCUT2D eigenvalue weighted by Crippen LogP contribution is -2.29. The highest BCUT2D eigenvalue weighted by molar-refractivity contribution is 6.76. The van der Waals surface area contributed by atoms with Gasteiger partial charge < -0.3 is 0 Å². The summed E-state index contributed by atoms with van der Waals surface area (Å²) in [5, 5.41) is 0. The molecule has 0 aliphatic carbocycles. The molecule has 1 aromatic rings. The van der Waals surface area contributed by atoms with Crippen LogP contribution in [0, 0.1) is 0 Å². The number of rotatable bonds is 4. The maximum Gasteiger partial charge on any atom is 0.261 e. The Bertz CT molecular complexity index is 508. The number of imide groups is 1. The number of hydrogen-bond donors (Lipinski definition) is 0. The zero-order valence-corrected chi connectivity index (χ0v) is 12.6. The third-order valence-corrected chi connectivity index (χ3v) is 4.52. The van der Waals surface area contributed by atoms with E-state index in [9.17, 15) is 9.59 Å². The molecule has 0 spiro atoms. The Kier molecular flexibility index (Phi) is 3.71. The molecule has 4 heteroatoms. The average molecular weight is 273 g/mol. The van der Waals surface area contributed by atoms with Crippen LogP contribution < -0.4 is 0 Å². The summed E-state index contributed by atoms with van der Waals surface area (Å²) in [6.07, 6.45) is 4.02. The average Bonchev–Trinajstić information content (AvgIpc) is 2.58. The monoisotopic (exact) mass is 273 g/mol. The Balaban J connectivity index is 2.05. The summed E-state index contributed by atoms with van der Waals surface area (Å²) >= 11 is 0. The van der Waals surface area contributed by atoms with Crippen molar-refractivity contribution in [3.63, 3.8) is 0 Å². The largest absolute Gasteiger partial charge is 0.270 e. The summed E-state index contributed by atoms with van der Waals surface area (Å²) in [6.45, 7) is 7.24. The lowest BCUT2D eigenvalue weighted by molar-refractivity contribution is 0.0672. The van der Waals surface area contributed by atoms with Crippen molar-refractivity contribution < 1.29 is 9.59 Å². The third-order valence-electron chi connectivity index (χ3n) is 3.06. The van der Waals surface area contributed by atoms with Crippen molar-refractivity contribution in [2.24, 2.45) is 0 Å². The first-order valence-electron chi connectivity index (χ1n) is 6.50. The highest BCUT2D eigenvalue weighted by atomic mass is 28.3. The molecule has 0 unspecified atom stereocenters. The molecule has 0 fully saturated rings. The van der Waals surface area contributed by atoms with Crippen molar-refractivity contribution in [3.8, 4) is 0 Å². The van der Waals surface area contributed by atoms with Gasteiger partial charge in [-0.15, -0.1) is 0 Å². The van der Waals surface area contributed by atoms with E-state index in [1.54, 1.807) is 24.3 Å². The first-order valence-corrected chi connectivity index (χ1v) is 10.2. The van der Waals surface area contributed by atoms with Gasteiger partial charge in [-0.1, -0.05) is 43.9 Å². The standard InChI is InChI=1S/C15H19NO2Si/c1-19(2,3)11-7-6-10-16-14(17)12-8-4-5-9-13(12)15(16)18/h4-9H,10-11H2,1-3H3/b7-6-. The first-order chi connectivity index (χ1) is 8.90. The molecule has 3 nitrogen and oxygen atoms in total. The molecule has 100 valence electrons. The van der Waals surface area contributed by atoms with Crippen molar-refractivity contribution in [2.75, 3.05) is 6.54 Å². The maximum atomic E-state index is 12.1. The molecular formula is C15H19NO2Si. The lowest BCUT2D eigenvalue weighted by atomic mass is 10.1. The minimum absolute atomic E-state index is 0.182. The fourth-order valence-corrected chi connectivity index (χ4v) is 2.90. The first kappa shape index (κ1) is 13.7. The predicted octanol–water partition coefficient (Wildman–Crippen LogP) is 3.18. The van der Waals surface area contributed by atoms with Crippen molar-refractivity contribution >= 4 is 19.9 Å². The molecule has 1 aliphatic rings. The highest BCUT2D eigenvalue weighted by Gasteiger charge is 2.34. The number of fused-ring (bicyclic) bond motifs is 1. The van der Waals surface area contributed by atoms with Gasteiger partial charge in [-0.25, -0.2) is 0 Å². The molecular weight excluding hydrogens is 254 g/mol. The number of hydrogen-bond acceptors (Lipinski definition) is 2. The van der Waals surface area contributed by atoms with Gasteiger partial charge in [-0.3, -0.25) is 14.5 Å². The highest BCUT2D eigenvalue weighted by Crippen LogP contribution is 2.22. The van der Waals surface area contributed by atoms with E-state index < -0.39 is 8.07 Å². The van der Waals surface area contributed by atoms with Crippen LogP contribution in [-0.4, -0.2) is 31.3 Å². The van der Waals surface area contributed by atoms with Crippen molar-refractivity contribution in [1.82, 2.24) is 4.90 Å². The Morgan fingerprint density at radius 3 is 2.00 bits per heavy atom. The van der Waals surface area contributed by atoms with Gasteiger partial charge in [0.05, 0.1) is 11.1 Å². The van der Waals surface area contributed by atoms with Crippen molar-refractivity contribution in [2.45, 2.75) is 25.7 Å². The smallest absolute Gasteiger partial charge is 0.261 e. The Morgan fingerprint density at radius 1 is 1.00 bits per heavy atom. The topological polar surface area (TPSA) is 37.4 Å². The number of benzene rings is 1. The zero-order chi connectivity index (χ0) is 14.0. The molecule has 2 amide bonds. The minimum atomic E-state index is -1.11. The summed E-state index contributed by atoms with van der Waals surface area (Å²) < 4.78 is 0. The molecule has 0 atom stereocenters. The van der Waals surface area contributed by atoms with Crippen molar-refractivity contribution in [3.05, 3.63) is 47.5 Å². The second-order valence-corrected chi connectivity index (χ2v) is 11.5. The Morgan fingerprint density at radius 2 is 1.53 bits per heavy atom. The summed E-state index contributed by atoms with van der Waals surface area (Å²) in [5.41, 5.74) is 1.04. The summed E-state index contributed by atoms with van der Waals surface area (Å²) in [7, 11) is -1.11. The van der Waals surface area contributed by atoms with Crippen molar-refractivity contribution in [1.29, 1.82) is 0 Å². The second-order valence-electron chi connectivity index (χ2n) is 6.00. The fourth-order valence-electron chi connectivity index (χ4n) is 2.02. The van der Waals surface area contributed by atoms with Gasteiger partial charge in [0.15, 0.2) is 0 Å². The van der Waals surface area contributed by atoms with Crippen LogP contribution in [0.4, 0.5) is 0 Å². The van der Waals surface area contributed by atoms with E-state index in [0.717, 1.165) is 6.04 Å². The van der Waals surface area contributed by atoms with Gasteiger partial charge in [0.1, 0.15) is 0 Å². The van der Waals surface area contributed by atoms with Crippen LogP contribution in [0.15, 0.2) is 36.4 Å². The lowest BCUT2D eigenvalue weighted by Gasteiger charge is -2.13. The van der Waals surface area contributed by atoms with Gasteiger partial charge in [-0.2, -0.15) is 0 Å². The van der Waals surface area contributed by atoms with Gasteiger partial charge in [0.2, 0.25) is 0 Å². The molecule has 0 aromatic heterocycles. The van der Waals surface area contributed by atoms with E-state index in [2.05, 4.69) is 25.7 Å². The quantitative estimate of drug-likeness (QED) is 0.480. The number of allylic oxidation sites excluding steroid dienone is 1. The van der Waals surface area contributed by atoms with Crippen LogP contribution in [0.5, 0.6) is 0 Å². The van der Waals surface area contributed by atoms with Gasteiger partial charge in [0, 0.05) is 14.6 Å². The number of carbonyl (C=O) groups excluding carboxylic acids is 2. The van der Waals surface area contributed by atoms with E-state index >= 15 is 0 Å². The minimum Gasteiger partial charge on any atom is -0.270 e. The van der Waals surface area contributed by atoms with Gasteiger partial charge in [-0.05, 0) is 18.2 Å². The fraction of sp³-hybridized carbons (Fsp3) is 0.333. The predicted molar refractivity (Wildman–Crippen MR) is 79.1 cm³/mol. The Labute approximate surface area is 114 Å². The summed E-state index contributed by atoms with van der Waals surface area (Å²) in [5.74, 6) is -0.364. The molecule has 1 aliphatic heterocycles. The third kappa shape index (κ3) is 3.01. The van der Waals surface area contributed by atoms with Crippen LogP contribution in [0.25, 0.3) is 0 Å². The number of nitrogens with zero attached hydrogens (tertiary/aromatic N) is 1. The van der Waals surface area contributed by atoms with Crippen LogP contribution in [0.1, 0.15) is 20.7 Å². The van der Waals surface area contributed by atoms with Crippen LogP contribution in [-0.2, 0) is 0 Å². The molecule has 0 radical (unpaired) electrons. The van der Waals surface area contributed by atoms with Crippen LogP contribution >= 0.6 is 0 Å². The van der Waals surface area contributed by atoms with E-state index in [-0.39, 0.29) is 11.8 Å². The molecule has 19 heavy (non-hydrogen) atoms. The number of amides is 2. The maximum absolute atomic E-state index is 12.1. The SMILES string of the molecule is C[Si](C)(C)C/C=C\CN1C(=O)c2ccccc2C1=O. The Hall–Kier alpha value is -1.68. The summed E-state index contributed by atoms with van der Waals surface area (Å²) in [6, 6.07) is 8.06. The zero-order valence-electron chi connectivity index (χ0n) is 11.6. The van der Waals surface area contributed by atoms with Gasteiger partial charge in [0.25, 0.3) is 11.8 Å². The molecule has 0 saturated heterocycles. The second kappa shape index (κ2) is 5.13.